The summed E-state index contributed by atoms with van der Waals surface area (Å²) in [5, 5.41) is 11.6. The van der Waals surface area contributed by atoms with Crippen molar-refractivity contribution < 1.29 is 19.1 Å². The van der Waals surface area contributed by atoms with E-state index in [0.717, 1.165) is 0 Å². The molecule has 150 valence electrons. The maximum absolute atomic E-state index is 12.3. The molecule has 0 aliphatic rings. The van der Waals surface area contributed by atoms with E-state index in [1.54, 1.807) is 61.5 Å². The van der Waals surface area contributed by atoms with Crippen LogP contribution < -0.4 is 20.5 Å². The van der Waals surface area contributed by atoms with Crippen LogP contribution in [0.1, 0.15) is 22.8 Å². The van der Waals surface area contributed by atoms with E-state index in [4.69, 9.17) is 20.5 Å². The fourth-order valence-electron chi connectivity index (χ4n) is 2.49. The second-order valence-corrected chi connectivity index (χ2v) is 6.27. The number of pyridine rings is 1. The zero-order valence-corrected chi connectivity index (χ0v) is 16.0. The Morgan fingerprint density at radius 2 is 1.87 bits per heavy atom. The van der Waals surface area contributed by atoms with Gasteiger partial charge in [0.15, 0.2) is 6.10 Å². The zero-order chi connectivity index (χ0) is 21.5. The van der Waals surface area contributed by atoms with Crippen molar-refractivity contribution in [2.45, 2.75) is 13.0 Å². The van der Waals surface area contributed by atoms with Crippen LogP contribution in [0.3, 0.4) is 0 Å². The molecule has 1 unspecified atom stereocenters. The Bertz CT molecular complexity index is 1110. The maximum Gasteiger partial charge on any atom is 0.265 e. The van der Waals surface area contributed by atoms with Gasteiger partial charge in [0.05, 0.1) is 23.5 Å². The lowest BCUT2D eigenvalue weighted by Crippen LogP contribution is -2.30. The lowest BCUT2D eigenvalue weighted by Gasteiger charge is -2.15. The molecule has 0 spiro atoms. The van der Waals surface area contributed by atoms with Crippen molar-refractivity contribution in [2.24, 2.45) is 5.73 Å². The summed E-state index contributed by atoms with van der Waals surface area (Å²) in [6.45, 7) is 1.60. The first-order valence-corrected chi connectivity index (χ1v) is 8.96. The molecule has 0 radical (unpaired) electrons. The molecule has 0 fully saturated rings. The fourth-order valence-corrected chi connectivity index (χ4v) is 2.49. The molecule has 3 rings (SSSR count). The number of nitrogens with one attached hydrogen (secondary N) is 1. The molecule has 0 bridgehead atoms. The number of ether oxygens (including phenoxy) is 2. The molecular formula is C22H18N4O4. The molecular weight excluding hydrogens is 384 g/mol. The van der Waals surface area contributed by atoms with Crippen LogP contribution >= 0.6 is 0 Å². The number of hydrogen-bond acceptors (Lipinski definition) is 6. The third kappa shape index (κ3) is 5.33. The lowest BCUT2D eigenvalue weighted by atomic mass is 10.2. The molecule has 2 amide bonds. The number of rotatable bonds is 7. The second-order valence-electron chi connectivity index (χ2n) is 6.27. The summed E-state index contributed by atoms with van der Waals surface area (Å²) in [6.07, 6.45) is 0.653. The highest BCUT2D eigenvalue weighted by atomic mass is 16.5. The number of amides is 2. The van der Waals surface area contributed by atoms with Crippen LogP contribution in [0.4, 0.5) is 5.69 Å². The van der Waals surface area contributed by atoms with Gasteiger partial charge in [-0.15, -0.1) is 0 Å². The van der Waals surface area contributed by atoms with E-state index in [0.29, 0.717) is 28.3 Å². The van der Waals surface area contributed by atoms with Crippen LogP contribution in [0.2, 0.25) is 0 Å². The summed E-state index contributed by atoms with van der Waals surface area (Å²) < 4.78 is 11.2. The third-order valence-electron chi connectivity index (χ3n) is 3.99. The summed E-state index contributed by atoms with van der Waals surface area (Å²) in [4.78, 5) is 27.7. The number of nitrogens with zero attached hydrogens (tertiary/aromatic N) is 2. The van der Waals surface area contributed by atoms with Crippen LogP contribution in [0.15, 0.2) is 66.9 Å². The van der Waals surface area contributed by atoms with E-state index >= 15 is 0 Å². The average molecular weight is 402 g/mol. The van der Waals surface area contributed by atoms with Gasteiger partial charge in [-0.2, -0.15) is 5.26 Å². The average Bonchev–Trinajstić information content (AvgIpc) is 2.75. The largest absolute Gasteiger partial charge is 0.481 e. The molecule has 8 heteroatoms. The van der Waals surface area contributed by atoms with Gasteiger partial charge in [-0.3, -0.25) is 9.59 Å². The number of carbonyl (C=O) groups is 2. The number of hydrogen-bond donors (Lipinski definition) is 2. The summed E-state index contributed by atoms with van der Waals surface area (Å²) >= 11 is 0. The van der Waals surface area contributed by atoms with Crippen LogP contribution in [0, 0.1) is 11.3 Å². The SMILES string of the molecule is CC(Oc1cccc(C#N)c1)C(=O)Nc1ccc(Oc2cccc(C(N)=O)c2)nc1. The van der Waals surface area contributed by atoms with Gasteiger partial charge in [0.2, 0.25) is 11.8 Å². The van der Waals surface area contributed by atoms with Crippen molar-refractivity contribution in [1.29, 1.82) is 5.26 Å². The second kappa shape index (κ2) is 9.21. The minimum Gasteiger partial charge on any atom is -0.481 e. The minimum atomic E-state index is -0.786. The Morgan fingerprint density at radius 3 is 2.57 bits per heavy atom. The molecule has 2 aromatic carbocycles. The van der Waals surface area contributed by atoms with Crippen molar-refractivity contribution >= 4 is 17.5 Å². The topological polar surface area (TPSA) is 127 Å². The molecule has 1 aromatic heterocycles. The van der Waals surface area contributed by atoms with E-state index in [1.807, 2.05) is 6.07 Å². The highest BCUT2D eigenvalue weighted by Gasteiger charge is 2.15. The molecule has 0 saturated carbocycles. The van der Waals surface area contributed by atoms with Crippen molar-refractivity contribution in [3.8, 4) is 23.4 Å². The highest BCUT2D eigenvalue weighted by molar-refractivity contribution is 5.94. The number of carbonyl (C=O) groups excluding carboxylic acids is 2. The summed E-state index contributed by atoms with van der Waals surface area (Å²) in [5.41, 5.74) is 6.48. The smallest absolute Gasteiger partial charge is 0.265 e. The van der Waals surface area contributed by atoms with E-state index in [1.165, 1.54) is 12.3 Å². The first-order chi connectivity index (χ1) is 14.4. The normalized spacial score (nSPS) is 11.1. The Balaban J connectivity index is 1.59. The molecule has 0 saturated heterocycles. The molecule has 0 aliphatic heterocycles. The van der Waals surface area contributed by atoms with Gasteiger partial charge in [-0.1, -0.05) is 12.1 Å². The van der Waals surface area contributed by atoms with Gasteiger partial charge >= 0.3 is 0 Å². The third-order valence-corrected chi connectivity index (χ3v) is 3.99. The molecule has 30 heavy (non-hydrogen) atoms. The minimum absolute atomic E-state index is 0.284. The Morgan fingerprint density at radius 1 is 1.10 bits per heavy atom. The number of nitrogens with two attached hydrogens (primary N) is 1. The predicted octanol–water partition coefficient (Wildman–Crippen LogP) is 3.25. The van der Waals surface area contributed by atoms with Gasteiger partial charge in [-0.05, 0) is 49.4 Å². The van der Waals surface area contributed by atoms with E-state index in [2.05, 4.69) is 10.3 Å². The molecule has 1 atom stereocenters. The zero-order valence-electron chi connectivity index (χ0n) is 16.0. The predicted molar refractivity (Wildman–Crippen MR) is 109 cm³/mol. The maximum atomic E-state index is 12.3. The molecule has 0 aliphatic carbocycles. The molecule has 3 aromatic rings. The van der Waals surface area contributed by atoms with Crippen LogP contribution in [0.5, 0.6) is 17.4 Å². The van der Waals surface area contributed by atoms with Gasteiger partial charge in [0.25, 0.3) is 5.91 Å². The fraction of sp³-hybridized carbons (Fsp3) is 0.0909. The summed E-state index contributed by atoms with van der Waals surface area (Å²) in [5.74, 6) is 0.199. The number of primary amides is 1. The Kier molecular flexibility index (Phi) is 6.25. The van der Waals surface area contributed by atoms with E-state index in [9.17, 15) is 9.59 Å². The quantitative estimate of drug-likeness (QED) is 0.624. The van der Waals surface area contributed by atoms with Gasteiger partial charge < -0.3 is 20.5 Å². The Labute approximate surface area is 172 Å². The monoisotopic (exact) mass is 402 g/mol. The lowest BCUT2D eigenvalue weighted by molar-refractivity contribution is -0.122. The highest BCUT2D eigenvalue weighted by Crippen LogP contribution is 2.22. The molecule has 3 N–H and O–H groups in total. The number of aromatic nitrogens is 1. The first kappa shape index (κ1) is 20.4. The van der Waals surface area contributed by atoms with Crippen molar-refractivity contribution in [2.75, 3.05) is 5.32 Å². The number of benzene rings is 2. The molecule has 8 nitrogen and oxygen atoms in total. The van der Waals surface area contributed by atoms with E-state index < -0.39 is 12.0 Å². The Hall–Kier alpha value is -4.38. The van der Waals surface area contributed by atoms with Crippen molar-refractivity contribution in [3.05, 3.63) is 78.0 Å². The van der Waals surface area contributed by atoms with Crippen LogP contribution in [-0.2, 0) is 4.79 Å². The van der Waals surface area contributed by atoms with E-state index in [-0.39, 0.29) is 11.8 Å². The first-order valence-electron chi connectivity index (χ1n) is 8.96. The summed E-state index contributed by atoms with van der Waals surface area (Å²) in [6, 6.07) is 18.2. The van der Waals surface area contributed by atoms with Gasteiger partial charge in [0.1, 0.15) is 11.5 Å². The van der Waals surface area contributed by atoms with Gasteiger partial charge in [-0.25, -0.2) is 4.98 Å². The standard InChI is InChI=1S/C22H18N4O4/c1-14(29-18-6-2-4-15(10-18)12-23)22(28)26-17-8-9-20(25-13-17)30-19-7-3-5-16(11-19)21(24)27/h2-11,13-14H,1H3,(H2,24,27)(H,26,28). The summed E-state index contributed by atoms with van der Waals surface area (Å²) in [7, 11) is 0. The van der Waals surface area contributed by atoms with Crippen molar-refractivity contribution in [3.63, 3.8) is 0 Å². The number of nitriles is 1. The number of anilines is 1. The molecule has 1 heterocycles. The van der Waals surface area contributed by atoms with Crippen LogP contribution in [-0.4, -0.2) is 22.9 Å². The van der Waals surface area contributed by atoms with Crippen molar-refractivity contribution in [1.82, 2.24) is 4.98 Å². The van der Waals surface area contributed by atoms with Gasteiger partial charge in [0, 0.05) is 11.6 Å². The van der Waals surface area contributed by atoms with Crippen LogP contribution in [0.25, 0.3) is 0 Å².